The van der Waals surface area contributed by atoms with E-state index in [4.69, 9.17) is 5.10 Å². The van der Waals surface area contributed by atoms with Gasteiger partial charge in [-0.25, -0.2) is 4.68 Å². The van der Waals surface area contributed by atoms with Crippen LogP contribution >= 0.6 is 0 Å². The molecule has 0 aliphatic rings. The van der Waals surface area contributed by atoms with Crippen molar-refractivity contribution in [3.05, 3.63) is 194 Å². The van der Waals surface area contributed by atoms with Crippen LogP contribution in [-0.4, -0.2) is 9.78 Å². The molecule has 2 nitrogen and oxygen atoms in total. The van der Waals surface area contributed by atoms with Crippen molar-refractivity contribution in [2.24, 2.45) is 0 Å². The van der Waals surface area contributed by atoms with Gasteiger partial charge in [-0.2, -0.15) is 5.10 Å². The second-order valence-electron chi connectivity index (χ2n) is 13.1. The topological polar surface area (TPSA) is 17.8 Å². The summed E-state index contributed by atoms with van der Waals surface area (Å²) in [5, 5.41) is 14.0. The van der Waals surface area contributed by atoms with Gasteiger partial charge in [0.1, 0.15) is 5.69 Å². The highest BCUT2D eigenvalue weighted by molar-refractivity contribution is 6.21. The van der Waals surface area contributed by atoms with Gasteiger partial charge in [0.15, 0.2) is 0 Å². The fraction of sp³-hybridized carbons (Fsp3) is 0. The Hall–Kier alpha value is -6.77. The van der Waals surface area contributed by atoms with Crippen LogP contribution in [0.15, 0.2) is 194 Å². The van der Waals surface area contributed by atoms with Crippen LogP contribution in [0.3, 0.4) is 0 Å². The molecule has 0 bridgehead atoms. The second-order valence-corrected chi connectivity index (χ2v) is 13.1. The van der Waals surface area contributed by atoms with Gasteiger partial charge in [-0.05, 0) is 78.5 Å². The molecule has 238 valence electrons. The van der Waals surface area contributed by atoms with Gasteiger partial charge in [0.2, 0.25) is 0 Å². The third kappa shape index (κ3) is 4.76. The molecule has 0 spiro atoms. The molecular formula is C49H32N2. The van der Waals surface area contributed by atoms with Crippen LogP contribution in [0.2, 0.25) is 0 Å². The van der Waals surface area contributed by atoms with Gasteiger partial charge in [-0.3, -0.25) is 0 Å². The van der Waals surface area contributed by atoms with Crippen molar-refractivity contribution in [1.29, 1.82) is 0 Å². The van der Waals surface area contributed by atoms with E-state index in [1.807, 2.05) is 0 Å². The maximum Gasteiger partial charge on any atom is 0.101 e. The quantitative estimate of drug-likeness (QED) is 0.170. The lowest BCUT2D eigenvalue weighted by molar-refractivity contribution is 0.918. The standard InChI is InChI=1S/C49H32N2/c1-4-16-33(17-5-1)44-32-37-22-10-11-23-39(37)49-47(44)48(36-20-8-3-9-21-36)50-51(49)38-30-28-35(29-31-38)46-42-26-14-12-24-40(42)45(34-18-6-2-7-19-34)41-25-13-15-27-43(41)46/h1-32H. The lowest BCUT2D eigenvalue weighted by Crippen LogP contribution is -1.97. The van der Waals surface area contributed by atoms with E-state index < -0.39 is 0 Å². The van der Waals surface area contributed by atoms with Gasteiger partial charge in [0, 0.05) is 16.3 Å². The maximum absolute atomic E-state index is 5.43. The van der Waals surface area contributed by atoms with Crippen LogP contribution in [0.25, 0.3) is 93.5 Å². The molecule has 10 rings (SSSR count). The largest absolute Gasteiger partial charge is 0.232 e. The average Bonchev–Trinajstić information content (AvgIpc) is 3.62. The monoisotopic (exact) mass is 648 g/mol. The third-order valence-electron chi connectivity index (χ3n) is 10.2. The highest BCUT2D eigenvalue weighted by Crippen LogP contribution is 2.45. The van der Waals surface area contributed by atoms with Crippen molar-refractivity contribution in [1.82, 2.24) is 9.78 Å². The highest BCUT2D eigenvalue weighted by atomic mass is 15.3. The van der Waals surface area contributed by atoms with Gasteiger partial charge in [0.25, 0.3) is 0 Å². The van der Waals surface area contributed by atoms with Gasteiger partial charge < -0.3 is 0 Å². The van der Waals surface area contributed by atoms with E-state index in [2.05, 4.69) is 199 Å². The summed E-state index contributed by atoms with van der Waals surface area (Å²) in [4.78, 5) is 0. The van der Waals surface area contributed by atoms with Gasteiger partial charge >= 0.3 is 0 Å². The van der Waals surface area contributed by atoms with E-state index in [-0.39, 0.29) is 0 Å². The van der Waals surface area contributed by atoms with Crippen LogP contribution in [0.4, 0.5) is 0 Å². The first-order valence-electron chi connectivity index (χ1n) is 17.5. The summed E-state index contributed by atoms with van der Waals surface area (Å²) in [7, 11) is 0. The number of nitrogens with zero attached hydrogens (tertiary/aromatic N) is 2. The minimum absolute atomic E-state index is 0.979. The van der Waals surface area contributed by atoms with Crippen LogP contribution in [0.5, 0.6) is 0 Å². The molecule has 0 aliphatic carbocycles. The van der Waals surface area contributed by atoms with Crippen LogP contribution in [0, 0.1) is 0 Å². The van der Waals surface area contributed by atoms with Crippen molar-refractivity contribution in [3.63, 3.8) is 0 Å². The molecule has 51 heavy (non-hydrogen) atoms. The fourth-order valence-electron chi connectivity index (χ4n) is 7.94. The molecule has 0 atom stereocenters. The van der Waals surface area contributed by atoms with Crippen molar-refractivity contribution in [3.8, 4) is 50.3 Å². The lowest BCUT2D eigenvalue weighted by atomic mass is 9.86. The first kappa shape index (κ1) is 29.2. The van der Waals surface area contributed by atoms with E-state index in [1.54, 1.807) is 0 Å². The second kappa shape index (κ2) is 12.0. The summed E-state index contributed by atoms with van der Waals surface area (Å²) >= 11 is 0. The smallest absolute Gasteiger partial charge is 0.101 e. The molecule has 0 saturated carbocycles. The minimum Gasteiger partial charge on any atom is -0.232 e. The third-order valence-corrected chi connectivity index (χ3v) is 10.2. The molecule has 1 heterocycles. The van der Waals surface area contributed by atoms with E-state index >= 15 is 0 Å². The van der Waals surface area contributed by atoms with Gasteiger partial charge in [-0.15, -0.1) is 0 Å². The number of fused-ring (bicyclic) bond motifs is 5. The van der Waals surface area contributed by atoms with Gasteiger partial charge in [-0.1, -0.05) is 176 Å². The molecule has 0 radical (unpaired) electrons. The number of benzene rings is 9. The first-order valence-corrected chi connectivity index (χ1v) is 17.5. The molecule has 0 saturated heterocycles. The zero-order valence-electron chi connectivity index (χ0n) is 27.9. The first-order chi connectivity index (χ1) is 25.3. The summed E-state index contributed by atoms with van der Waals surface area (Å²) in [5.74, 6) is 0. The van der Waals surface area contributed by atoms with Crippen molar-refractivity contribution in [2.75, 3.05) is 0 Å². The van der Waals surface area contributed by atoms with Crippen LogP contribution in [0.1, 0.15) is 0 Å². The Labute approximate surface area is 296 Å². The molecule has 0 fully saturated rings. The van der Waals surface area contributed by atoms with E-state index in [0.29, 0.717) is 0 Å². The number of aromatic nitrogens is 2. The Balaban J connectivity index is 1.22. The van der Waals surface area contributed by atoms with Crippen molar-refractivity contribution in [2.45, 2.75) is 0 Å². The molecular weight excluding hydrogens is 617 g/mol. The summed E-state index contributed by atoms with van der Waals surface area (Å²) in [6.07, 6.45) is 0. The Morgan fingerprint density at radius 1 is 0.353 bits per heavy atom. The zero-order valence-corrected chi connectivity index (χ0v) is 27.9. The SMILES string of the molecule is c1ccc(-c2c3ccccc3c(-c3ccc(-n4nc(-c5ccccc5)c5c(-c6ccccc6)cc6ccccc6c54)cc3)c3ccccc23)cc1. The predicted octanol–water partition coefficient (Wildman–Crippen LogP) is 13.2. The van der Waals surface area contributed by atoms with Gasteiger partial charge in [0.05, 0.1) is 11.2 Å². The van der Waals surface area contributed by atoms with E-state index in [1.165, 1.54) is 65.7 Å². The highest BCUT2D eigenvalue weighted by Gasteiger charge is 2.22. The molecule has 0 N–H and O–H groups in total. The predicted molar refractivity (Wildman–Crippen MR) is 215 cm³/mol. The van der Waals surface area contributed by atoms with Crippen molar-refractivity contribution >= 4 is 43.2 Å². The number of rotatable bonds is 5. The molecule has 9 aromatic carbocycles. The lowest BCUT2D eigenvalue weighted by Gasteiger charge is -2.18. The van der Waals surface area contributed by atoms with Crippen LogP contribution < -0.4 is 0 Å². The summed E-state index contributed by atoms with van der Waals surface area (Å²) < 4.78 is 2.16. The molecule has 10 aromatic rings. The Kier molecular flexibility index (Phi) is 6.85. The maximum atomic E-state index is 5.43. The zero-order chi connectivity index (χ0) is 33.7. The Morgan fingerprint density at radius 3 is 1.33 bits per heavy atom. The molecule has 2 heteroatoms. The number of hydrogen-bond acceptors (Lipinski definition) is 1. The van der Waals surface area contributed by atoms with E-state index in [9.17, 15) is 0 Å². The Bertz CT molecular complexity index is 2810. The average molecular weight is 649 g/mol. The molecule has 0 amide bonds. The summed E-state index contributed by atoms with van der Waals surface area (Å²) in [5.41, 5.74) is 11.5. The number of hydrogen-bond donors (Lipinski definition) is 0. The van der Waals surface area contributed by atoms with E-state index in [0.717, 1.165) is 27.8 Å². The van der Waals surface area contributed by atoms with Crippen molar-refractivity contribution < 1.29 is 0 Å². The fourth-order valence-corrected chi connectivity index (χ4v) is 7.94. The minimum atomic E-state index is 0.979. The summed E-state index contributed by atoms with van der Waals surface area (Å²) in [6.45, 7) is 0. The molecule has 0 unspecified atom stereocenters. The normalized spacial score (nSPS) is 11.5. The summed E-state index contributed by atoms with van der Waals surface area (Å²) in [6, 6.07) is 69.7. The molecule has 0 aliphatic heterocycles. The van der Waals surface area contributed by atoms with Crippen LogP contribution in [-0.2, 0) is 0 Å². The molecule has 1 aromatic heterocycles. The Morgan fingerprint density at radius 2 is 0.784 bits per heavy atom.